The Hall–Kier alpha value is -3.76. The van der Waals surface area contributed by atoms with Gasteiger partial charge in [-0.25, -0.2) is 8.42 Å². The molecule has 9 nitrogen and oxygen atoms in total. The summed E-state index contributed by atoms with van der Waals surface area (Å²) in [5.74, 6) is 0.241. The number of amides is 2. The highest BCUT2D eigenvalue weighted by Crippen LogP contribution is 2.28. The van der Waals surface area contributed by atoms with E-state index in [2.05, 4.69) is 5.32 Å². The molecule has 1 unspecified atom stereocenters. The Morgan fingerprint density at radius 2 is 1.50 bits per heavy atom. The van der Waals surface area contributed by atoms with Crippen LogP contribution in [0.4, 0.5) is 5.69 Å². The fourth-order valence-electron chi connectivity index (χ4n) is 4.33. The summed E-state index contributed by atoms with van der Waals surface area (Å²) in [6.45, 7) is 6.89. The van der Waals surface area contributed by atoms with Crippen molar-refractivity contribution in [3.63, 3.8) is 0 Å². The number of carbonyl (C=O) groups excluding carboxylic acids is 2. The van der Waals surface area contributed by atoms with Crippen molar-refractivity contribution in [2.24, 2.45) is 0 Å². The Morgan fingerprint density at radius 1 is 0.929 bits per heavy atom. The monoisotopic (exact) mass is 615 g/mol. The number of benzene rings is 3. The average molecular weight is 616 g/mol. The normalized spacial score (nSPS) is 12.3. The first-order valence-corrected chi connectivity index (χ1v) is 15.3. The van der Waals surface area contributed by atoms with E-state index in [-0.39, 0.29) is 23.0 Å². The number of hydrogen-bond donors (Lipinski definition) is 1. The number of nitrogens with one attached hydrogen (secondary N) is 1. The van der Waals surface area contributed by atoms with Crippen LogP contribution >= 0.6 is 11.6 Å². The number of halogens is 1. The minimum Gasteiger partial charge on any atom is -0.497 e. The Kier molecular flexibility index (Phi) is 10.9. The molecular weight excluding hydrogens is 578 g/mol. The molecule has 42 heavy (non-hydrogen) atoms. The second kappa shape index (κ2) is 13.9. The van der Waals surface area contributed by atoms with Crippen LogP contribution in [-0.2, 0) is 26.2 Å². The summed E-state index contributed by atoms with van der Waals surface area (Å²) in [5, 5.41) is 3.26. The number of hydrogen-bond acceptors (Lipinski definition) is 6. The summed E-state index contributed by atoms with van der Waals surface area (Å²) < 4.78 is 39.4. The van der Waals surface area contributed by atoms with Gasteiger partial charge >= 0.3 is 0 Å². The minimum atomic E-state index is -4.23. The molecule has 3 rings (SSSR count). The molecule has 0 aromatic heterocycles. The van der Waals surface area contributed by atoms with Crippen molar-refractivity contribution in [2.45, 2.75) is 57.1 Å². The molecule has 3 aromatic rings. The molecule has 3 aromatic carbocycles. The molecule has 0 saturated heterocycles. The fourth-order valence-corrected chi connectivity index (χ4v) is 5.93. The van der Waals surface area contributed by atoms with Crippen LogP contribution in [0.1, 0.15) is 39.7 Å². The highest BCUT2D eigenvalue weighted by atomic mass is 35.5. The average Bonchev–Trinajstić information content (AvgIpc) is 2.95. The summed E-state index contributed by atoms with van der Waals surface area (Å²) in [5.41, 5.74) is 0.422. The van der Waals surface area contributed by atoms with Gasteiger partial charge in [0.25, 0.3) is 10.0 Å². The summed E-state index contributed by atoms with van der Waals surface area (Å²) >= 11 is 6.24. The van der Waals surface area contributed by atoms with Crippen LogP contribution in [0.5, 0.6) is 11.5 Å². The highest BCUT2D eigenvalue weighted by Gasteiger charge is 2.34. The van der Waals surface area contributed by atoms with E-state index in [1.165, 1.54) is 42.3 Å². The van der Waals surface area contributed by atoms with E-state index in [9.17, 15) is 18.0 Å². The maximum Gasteiger partial charge on any atom is 0.264 e. The Bertz CT molecular complexity index is 1470. The molecule has 0 saturated carbocycles. The lowest BCUT2D eigenvalue weighted by molar-refractivity contribution is -0.141. The van der Waals surface area contributed by atoms with E-state index in [0.717, 1.165) is 9.87 Å². The molecule has 0 heterocycles. The molecule has 226 valence electrons. The quantitative estimate of drug-likeness (QED) is 0.297. The Labute approximate surface area is 253 Å². The number of anilines is 1. The van der Waals surface area contributed by atoms with Gasteiger partial charge in [-0.1, -0.05) is 36.7 Å². The number of carbonyl (C=O) groups is 2. The molecular formula is C31H38ClN3O6S. The van der Waals surface area contributed by atoms with Gasteiger partial charge in [0.2, 0.25) is 11.8 Å². The second-order valence-corrected chi connectivity index (χ2v) is 13.0. The molecule has 0 radical (unpaired) electrons. The maximum atomic E-state index is 14.2. The van der Waals surface area contributed by atoms with Gasteiger partial charge in [0.1, 0.15) is 24.1 Å². The number of sulfonamides is 1. The lowest BCUT2D eigenvalue weighted by atomic mass is 10.1. The van der Waals surface area contributed by atoms with Gasteiger partial charge in [0, 0.05) is 17.1 Å². The van der Waals surface area contributed by atoms with Gasteiger partial charge in [0.15, 0.2) is 0 Å². The van der Waals surface area contributed by atoms with Gasteiger partial charge in [-0.3, -0.25) is 13.9 Å². The first-order chi connectivity index (χ1) is 19.8. The third kappa shape index (κ3) is 8.39. The predicted molar refractivity (Wildman–Crippen MR) is 164 cm³/mol. The zero-order valence-corrected chi connectivity index (χ0v) is 26.3. The van der Waals surface area contributed by atoms with E-state index in [1.807, 2.05) is 27.7 Å². The van der Waals surface area contributed by atoms with Crippen LogP contribution in [0.2, 0.25) is 5.02 Å². The predicted octanol–water partition coefficient (Wildman–Crippen LogP) is 5.27. The van der Waals surface area contributed by atoms with Crippen LogP contribution in [0, 0.1) is 0 Å². The smallest absolute Gasteiger partial charge is 0.264 e. The van der Waals surface area contributed by atoms with Gasteiger partial charge in [-0.15, -0.1) is 0 Å². The van der Waals surface area contributed by atoms with Crippen molar-refractivity contribution in [3.8, 4) is 11.5 Å². The first kappa shape index (κ1) is 32.8. The summed E-state index contributed by atoms with van der Waals surface area (Å²) in [4.78, 5) is 29.0. The van der Waals surface area contributed by atoms with Crippen LogP contribution in [0.25, 0.3) is 0 Å². The standard InChI is InChI=1S/C31H38ClN3O6S/c1-7-28(30(37)33-31(2,3)4)34(20-22-11-13-25(40-5)14-12-22)29(36)21-35(24-10-8-9-23(32)19-24)42(38,39)27-17-15-26(41-6)16-18-27/h8-19,28H,7,20-21H2,1-6H3,(H,33,37). The second-order valence-electron chi connectivity index (χ2n) is 10.7. The molecule has 1 atom stereocenters. The SMILES string of the molecule is CCC(C(=O)NC(C)(C)C)N(Cc1ccc(OC)cc1)C(=O)CN(c1cccc(Cl)c1)S(=O)(=O)c1ccc(OC)cc1. The third-order valence-corrected chi connectivity index (χ3v) is 8.44. The zero-order chi connectivity index (χ0) is 31.1. The van der Waals surface area contributed by atoms with Crippen molar-refractivity contribution in [1.82, 2.24) is 10.2 Å². The molecule has 1 N–H and O–H groups in total. The molecule has 0 aliphatic carbocycles. The summed E-state index contributed by atoms with van der Waals surface area (Å²) in [7, 11) is -1.19. The molecule has 0 aliphatic heterocycles. The van der Waals surface area contributed by atoms with Crippen LogP contribution < -0.4 is 19.1 Å². The molecule has 0 bridgehead atoms. The first-order valence-electron chi connectivity index (χ1n) is 13.5. The largest absolute Gasteiger partial charge is 0.497 e. The molecule has 0 fully saturated rings. The minimum absolute atomic E-state index is 0.0321. The van der Waals surface area contributed by atoms with Crippen LogP contribution in [0.3, 0.4) is 0 Å². The molecule has 11 heteroatoms. The number of methoxy groups -OCH3 is 2. The number of ether oxygens (including phenoxy) is 2. The maximum absolute atomic E-state index is 14.2. The van der Waals surface area contributed by atoms with E-state index >= 15 is 0 Å². The van der Waals surface area contributed by atoms with E-state index in [0.29, 0.717) is 22.9 Å². The molecule has 2 amide bonds. The Balaban J connectivity index is 2.07. The third-order valence-electron chi connectivity index (χ3n) is 6.42. The van der Waals surface area contributed by atoms with Crippen molar-refractivity contribution in [2.75, 3.05) is 25.1 Å². The van der Waals surface area contributed by atoms with Crippen molar-refractivity contribution >= 4 is 39.1 Å². The van der Waals surface area contributed by atoms with Gasteiger partial charge < -0.3 is 19.7 Å². The Morgan fingerprint density at radius 3 is 2.00 bits per heavy atom. The molecule has 0 spiro atoms. The van der Waals surface area contributed by atoms with E-state index < -0.39 is 34.1 Å². The summed E-state index contributed by atoms with van der Waals surface area (Å²) in [6.07, 6.45) is 0.312. The van der Waals surface area contributed by atoms with E-state index in [4.69, 9.17) is 21.1 Å². The molecule has 0 aliphatic rings. The number of nitrogens with zero attached hydrogens (tertiary/aromatic N) is 2. The van der Waals surface area contributed by atoms with Crippen LogP contribution in [-0.4, -0.2) is 57.5 Å². The van der Waals surface area contributed by atoms with Gasteiger partial charge in [-0.05, 0) is 87.4 Å². The zero-order valence-electron chi connectivity index (χ0n) is 24.8. The van der Waals surface area contributed by atoms with Crippen LogP contribution in [0.15, 0.2) is 77.7 Å². The van der Waals surface area contributed by atoms with Crippen molar-refractivity contribution in [1.29, 1.82) is 0 Å². The van der Waals surface area contributed by atoms with Gasteiger partial charge in [0.05, 0.1) is 24.8 Å². The number of rotatable bonds is 12. The highest BCUT2D eigenvalue weighted by molar-refractivity contribution is 7.92. The summed E-state index contributed by atoms with van der Waals surface area (Å²) in [6, 6.07) is 18.4. The topological polar surface area (TPSA) is 105 Å². The van der Waals surface area contributed by atoms with E-state index in [1.54, 1.807) is 49.6 Å². The van der Waals surface area contributed by atoms with Gasteiger partial charge in [-0.2, -0.15) is 0 Å². The van der Waals surface area contributed by atoms with Crippen molar-refractivity contribution < 1.29 is 27.5 Å². The lowest BCUT2D eigenvalue weighted by Gasteiger charge is -2.34. The lowest BCUT2D eigenvalue weighted by Crippen LogP contribution is -2.55. The van der Waals surface area contributed by atoms with Crippen molar-refractivity contribution in [3.05, 3.63) is 83.4 Å². The fraction of sp³-hybridized carbons (Fsp3) is 0.355.